The van der Waals surface area contributed by atoms with Gasteiger partial charge in [-0.2, -0.15) is 0 Å². The summed E-state index contributed by atoms with van der Waals surface area (Å²) >= 11 is 4.96. The summed E-state index contributed by atoms with van der Waals surface area (Å²) in [6.45, 7) is 2.24. The summed E-state index contributed by atoms with van der Waals surface area (Å²) in [5.41, 5.74) is 0. The fourth-order valence-electron chi connectivity index (χ4n) is 0.856. The van der Waals surface area contributed by atoms with Crippen LogP contribution < -0.4 is 0 Å². The third-order valence-corrected chi connectivity index (χ3v) is 1.79. The summed E-state index contributed by atoms with van der Waals surface area (Å²) in [4.78, 5) is 0. The quantitative estimate of drug-likeness (QED) is 0.431. The van der Waals surface area contributed by atoms with Crippen LogP contribution in [0.2, 0.25) is 5.32 Å². The number of hydrogen-bond acceptors (Lipinski definition) is 0. The molecule has 0 saturated carbocycles. The Balaban J connectivity index is 2.60. The maximum atomic E-state index is 4.96. The van der Waals surface area contributed by atoms with Crippen LogP contribution in [-0.4, -0.2) is 0 Å². The molecule has 0 fully saturated rings. The number of rotatable bonds is 6. The van der Waals surface area contributed by atoms with Gasteiger partial charge in [-0.25, -0.2) is 0 Å². The van der Waals surface area contributed by atoms with Gasteiger partial charge in [-0.3, -0.25) is 0 Å². The molecule has 1 heteroatoms. The Bertz CT molecular complexity index is 37.8. The SMILES string of the molecule is CCCCCCC[CH2][Cu]. The zero-order valence-corrected chi connectivity index (χ0v) is 7.19. The molecule has 0 aliphatic carbocycles. The third-order valence-electron chi connectivity index (χ3n) is 1.46. The Labute approximate surface area is 67.2 Å². The predicted octanol–water partition coefficient (Wildman–Crippen LogP) is 3.31. The summed E-state index contributed by atoms with van der Waals surface area (Å²) in [6, 6.07) is 0. The molecule has 0 heterocycles. The minimum absolute atomic E-state index is 0.930. The van der Waals surface area contributed by atoms with Crippen molar-refractivity contribution in [2.45, 2.75) is 50.8 Å². The van der Waals surface area contributed by atoms with E-state index in [9.17, 15) is 0 Å². The molecule has 0 radical (unpaired) electrons. The summed E-state index contributed by atoms with van der Waals surface area (Å²) in [5.74, 6) is 0. The van der Waals surface area contributed by atoms with Crippen LogP contribution in [0.1, 0.15) is 45.4 Å². The van der Waals surface area contributed by atoms with E-state index in [2.05, 4.69) is 6.92 Å². The first-order chi connectivity index (χ1) is 4.41. The molecular weight excluding hydrogens is 160 g/mol. The first kappa shape index (κ1) is 9.52. The molecule has 0 bridgehead atoms. The van der Waals surface area contributed by atoms with Gasteiger partial charge in [0.15, 0.2) is 0 Å². The summed E-state index contributed by atoms with van der Waals surface area (Å²) in [6.07, 6.45) is 8.12. The van der Waals surface area contributed by atoms with Gasteiger partial charge in [-0.1, -0.05) is 0 Å². The van der Waals surface area contributed by atoms with Crippen LogP contribution in [-0.2, 0) is 16.0 Å². The van der Waals surface area contributed by atoms with Crippen molar-refractivity contribution in [3.05, 3.63) is 0 Å². The molecule has 0 aromatic rings. The molecule has 0 aromatic heterocycles. The molecule has 0 N–H and O–H groups in total. The van der Waals surface area contributed by atoms with Gasteiger partial charge in [-0.05, 0) is 0 Å². The van der Waals surface area contributed by atoms with Gasteiger partial charge >= 0.3 is 66.8 Å². The summed E-state index contributed by atoms with van der Waals surface area (Å²) in [7, 11) is 0. The topological polar surface area (TPSA) is 0 Å². The summed E-state index contributed by atoms with van der Waals surface area (Å²) in [5, 5.41) is 0.930. The van der Waals surface area contributed by atoms with E-state index in [0.717, 1.165) is 5.32 Å². The fraction of sp³-hybridized carbons (Fsp3) is 1.00. The normalized spacial score (nSPS) is 10.1. The molecule has 0 aliphatic heterocycles. The van der Waals surface area contributed by atoms with Gasteiger partial charge in [-0.15, -0.1) is 0 Å². The molecule has 0 aromatic carbocycles. The van der Waals surface area contributed by atoms with Gasteiger partial charge in [0.1, 0.15) is 0 Å². The van der Waals surface area contributed by atoms with Crippen molar-refractivity contribution < 1.29 is 16.0 Å². The standard InChI is InChI=1S/C8H17.Cu/c1-3-5-7-8-6-4-2;/h1,3-8H2,2H3;. The second-order valence-corrected chi connectivity index (χ2v) is 2.89. The van der Waals surface area contributed by atoms with Crippen molar-refractivity contribution in [2.75, 3.05) is 0 Å². The van der Waals surface area contributed by atoms with Crippen LogP contribution >= 0.6 is 0 Å². The zero-order chi connectivity index (χ0) is 6.95. The van der Waals surface area contributed by atoms with Crippen LogP contribution in [0.5, 0.6) is 0 Å². The maximum absolute atomic E-state index is 4.96. The van der Waals surface area contributed by atoms with Crippen LogP contribution in [0, 0.1) is 0 Å². The Morgan fingerprint density at radius 2 is 1.44 bits per heavy atom. The van der Waals surface area contributed by atoms with Gasteiger partial charge in [0, 0.05) is 0 Å². The van der Waals surface area contributed by atoms with E-state index in [1.807, 2.05) is 0 Å². The Kier molecular flexibility index (Phi) is 9.01. The van der Waals surface area contributed by atoms with E-state index in [1.54, 1.807) is 0 Å². The fourth-order valence-corrected chi connectivity index (χ4v) is 1.09. The van der Waals surface area contributed by atoms with Crippen molar-refractivity contribution >= 4 is 0 Å². The zero-order valence-electron chi connectivity index (χ0n) is 6.25. The molecule has 0 saturated heterocycles. The molecule has 0 atom stereocenters. The first-order valence-corrected chi connectivity index (χ1v) is 4.59. The average molecular weight is 177 g/mol. The van der Waals surface area contributed by atoms with Crippen LogP contribution in [0.25, 0.3) is 0 Å². The minimum atomic E-state index is 0.930. The van der Waals surface area contributed by atoms with Gasteiger partial charge < -0.3 is 0 Å². The van der Waals surface area contributed by atoms with E-state index in [4.69, 9.17) is 16.0 Å². The number of hydrogen-bond donors (Lipinski definition) is 0. The van der Waals surface area contributed by atoms with Crippen LogP contribution in [0.3, 0.4) is 0 Å². The molecule has 0 amide bonds. The first-order valence-electron chi connectivity index (χ1n) is 3.92. The van der Waals surface area contributed by atoms with E-state index < -0.39 is 0 Å². The van der Waals surface area contributed by atoms with Crippen molar-refractivity contribution in [2.24, 2.45) is 0 Å². The summed E-state index contributed by atoms with van der Waals surface area (Å²) < 4.78 is 0. The van der Waals surface area contributed by atoms with Crippen molar-refractivity contribution in [3.63, 3.8) is 0 Å². The Morgan fingerprint density at radius 3 is 2.00 bits per heavy atom. The molecule has 0 unspecified atom stereocenters. The Morgan fingerprint density at radius 1 is 0.889 bits per heavy atom. The van der Waals surface area contributed by atoms with Crippen LogP contribution in [0.15, 0.2) is 0 Å². The van der Waals surface area contributed by atoms with Crippen molar-refractivity contribution in [1.82, 2.24) is 0 Å². The van der Waals surface area contributed by atoms with Gasteiger partial charge in [0.25, 0.3) is 0 Å². The second-order valence-electron chi connectivity index (χ2n) is 2.42. The predicted molar refractivity (Wildman–Crippen MR) is 38.2 cm³/mol. The van der Waals surface area contributed by atoms with Crippen molar-refractivity contribution in [3.8, 4) is 0 Å². The molecule has 60 valence electrons. The Hall–Kier alpha value is 0.519. The molecule has 9 heavy (non-hydrogen) atoms. The van der Waals surface area contributed by atoms with Crippen molar-refractivity contribution in [1.29, 1.82) is 0 Å². The number of unbranched alkanes of at least 4 members (excludes halogenated alkanes) is 5. The van der Waals surface area contributed by atoms with Crippen LogP contribution in [0.4, 0.5) is 0 Å². The molecule has 0 spiro atoms. The third kappa shape index (κ3) is 8.52. The monoisotopic (exact) mass is 176 g/mol. The van der Waals surface area contributed by atoms with Gasteiger partial charge in [0.2, 0.25) is 0 Å². The molecule has 0 rings (SSSR count). The molecule has 0 nitrogen and oxygen atoms in total. The van der Waals surface area contributed by atoms with E-state index in [1.165, 1.54) is 38.5 Å². The average Bonchev–Trinajstić information content (AvgIpc) is 1.89. The van der Waals surface area contributed by atoms with E-state index >= 15 is 0 Å². The molecule has 0 aliphatic rings. The van der Waals surface area contributed by atoms with Gasteiger partial charge in [0.05, 0.1) is 0 Å². The second kappa shape index (κ2) is 8.52. The molecular formula is C8H17Cu. The van der Waals surface area contributed by atoms with E-state index in [0.29, 0.717) is 0 Å². The van der Waals surface area contributed by atoms with E-state index in [-0.39, 0.29) is 0 Å².